The number of carbonyl (C=O) groups excluding carboxylic acids is 1. The molecular weight excluding hydrogens is 386 g/mol. The Bertz CT molecular complexity index is 1060. The zero-order valence-corrected chi connectivity index (χ0v) is 17.9. The van der Waals surface area contributed by atoms with Gasteiger partial charge in [0.05, 0.1) is 7.11 Å². The molecule has 4 rings (SSSR count). The summed E-state index contributed by atoms with van der Waals surface area (Å²) in [5.41, 5.74) is 7.12. The number of ether oxygens (including phenoxy) is 2. The van der Waals surface area contributed by atoms with Crippen LogP contribution in [0.3, 0.4) is 0 Å². The SMILES string of the molecule is COc1cc(C)cc(C=CCCNC(=O)OCC2c3ccccc3-c3ccccc32)c1. The van der Waals surface area contributed by atoms with Gasteiger partial charge in [-0.25, -0.2) is 4.79 Å². The van der Waals surface area contributed by atoms with E-state index in [0.29, 0.717) is 13.2 Å². The van der Waals surface area contributed by atoms with Gasteiger partial charge in [0.2, 0.25) is 0 Å². The highest BCUT2D eigenvalue weighted by Gasteiger charge is 2.28. The molecule has 1 aliphatic rings. The van der Waals surface area contributed by atoms with Crippen molar-refractivity contribution < 1.29 is 14.3 Å². The van der Waals surface area contributed by atoms with E-state index in [1.54, 1.807) is 7.11 Å². The predicted molar refractivity (Wildman–Crippen MR) is 124 cm³/mol. The molecule has 1 aliphatic carbocycles. The van der Waals surface area contributed by atoms with Gasteiger partial charge in [0, 0.05) is 12.5 Å². The number of hydrogen-bond donors (Lipinski definition) is 1. The molecule has 3 aromatic rings. The Morgan fingerprint density at radius 2 is 1.68 bits per heavy atom. The van der Waals surface area contributed by atoms with Crippen LogP contribution in [0.15, 0.2) is 72.8 Å². The molecule has 3 aromatic carbocycles. The number of rotatable bonds is 7. The van der Waals surface area contributed by atoms with Crippen LogP contribution in [0.1, 0.15) is 34.6 Å². The topological polar surface area (TPSA) is 47.6 Å². The highest BCUT2D eigenvalue weighted by atomic mass is 16.5. The van der Waals surface area contributed by atoms with Crippen LogP contribution < -0.4 is 10.1 Å². The number of fused-ring (bicyclic) bond motifs is 3. The molecule has 0 aromatic heterocycles. The number of alkyl carbamates (subject to hydrolysis) is 1. The van der Waals surface area contributed by atoms with Gasteiger partial charge in [-0.15, -0.1) is 0 Å². The van der Waals surface area contributed by atoms with Crippen molar-refractivity contribution in [3.8, 4) is 16.9 Å². The van der Waals surface area contributed by atoms with E-state index in [2.05, 4.69) is 35.6 Å². The summed E-state index contributed by atoms with van der Waals surface area (Å²) in [4.78, 5) is 12.2. The first-order valence-electron chi connectivity index (χ1n) is 10.6. The predicted octanol–water partition coefficient (Wildman–Crippen LogP) is 5.95. The van der Waals surface area contributed by atoms with E-state index in [1.807, 2.05) is 55.5 Å². The fourth-order valence-electron chi connectivity index (χ4n) is 4.12. The van der Waals surface area contributed by atoms with E-state index in [-0.39, 0.29) is 12.0 Å². The molecule has 0 spiro atoms. The Labute approximate surface area is 183 Å². The number of amides is 1. The molecule has 4 nitrogen and oxygen atoms in total. The zero-order valence-electron chi connectivity index (χ0n) is 17.9. The fraction of sp³-hybridized carbons (Fsp3) is 0.222. The summed E-state index contributed by atoms with van der Waals surface area (Å²) in [6.07, 6.45) is 4.42. The molecule has 31 heavy (non-hydrogen) atoms. The van der Waals surface area contributed by atoms with Gasteiger partial charge < -0.3 is 14.8 Å². The molecule has 0 heterocycles. The van der Waals surface area contributed by atoms with Crippen molar-refractivity contribution in [1.82, 2.24) is 5.32 Å². The molecule has 0 bridgehead atoms. The molecule has 0 aliphatic heterocycles. The third-order valence-electron chi connectivity index (χ3n) is 5.54. The van der Waals surface area contributed by atoms with Gasteiger partial charge in [-0.1, -0.05) is 66.7 Å². The van der Waals surface area contributed by atoms with Crippen molar-refractivity contribution in [2.24, 2.45) is 0 Å². The minimum absolute atomic E-state index is 0.0781. The zero-order chi connectivity index (χ0) is 21.6. The first kappa shape index (κ1) is 20.7. The average molecular weight is 414 g/mol. The van der Waals surface area contributed by atoms with E-state index >= 15 is 0 Å². The monoisotopic (exact) mass is 413 g/mol. The Hall–Kier alpha value is -3.53. The molecule has 0 saturated carbocycles. The quantitative estimate of drug-likeness (QED) is 0.487. The summed E-state index contributed by atoms with van der Waals surface area (Å²) in [6, 6.07) is 22.7. The summed E-state index contributed by atoms with van der Waals surface area (Å²) in [5, 5.41) is 2.84. The molecular formula is C27H27NO3. The molecule has 1 amide bonds. The molecule has 0 fully saturated rings. The van der Waals surface area contributed by atoms with Gasteiger partial charge in [-0.05, 0) is 58.9 Å². The van der Waals surface area contributed by atoms with Crippen molar-refractivity contribution >= 4 is 12.2 Å². The average Bonchev–Trinajstić information content (AvgIpc) is 3.11. The second-order valence-corrected chi connectivity index (χ2v) is 7.73. The van der Waals surface area contributed by atoms with E-state index in [0.717, 1.165) is 23.3 Å². The Morgan fingerprint density at radius 3 is 2.35 bits per heavy atom. The van der Waals surface area contributed by atoms with Crippen molar-refractivity contribution in [2.75, 3.05) is 20.3 Å². The fourth-order valence-corrected chi connectivity index (χ4v) is 4.12. The van der Waals surface area contributed by atoms with Crippen LogP contribution in [0, 0.1) is 6.92 Å². The lowest BCUT2D eigenvalue weighted by atomic mass is 9.98. The third-order valence-corrected chi connectivity index (χ3v) is 5.54. The van der Waals surface area contributed by atoms with Crippen LogP contribution in [-0.2, 0) is 4.74 Å². The van der Waals surface area contributed by atoms with E-state index < -0.39 is 0 Å². The molecule has 4 heteroatoms. The van der Waals surface area contributed by atoms with Crippen molar-refractivity contribution in [1.29, 1.82) is 0 Å². The van der Waals surface area contributed by atoms with Gasteiger partial charge in [0.1, 0.15) is 12.4 Å². The largest absolute Gasteiger partial charge is 0.497 e. The maximum Gasteiger partial charge on any atom is 0.407 e. The Balaban J connectivity index is 1.27. The van der Waals surface area contributed by atoms with Crippen molar-refractivity contribution in [2.45, 2.75) is 19.3 Å². The number of carbonyl (C=O) groups is 1. The second kappa shape index (κ2) is 9.52. The second-order valence-electron chi connectivity index (χ2n) is 7.73. The van der Waals surface area contributed by atoms with Crippen LogP contribution in [0.25, 0.3) is 17.2 Å². The summed E-state index contributed by atoms with van der Waals surface area (Å²) < 4.78 is 10.9. The number of benzene rings is 3. The lowest BCUT2D eigenvalue weighted by Gasteiger charge is -2.14. The summed E-state index contributed by atoms with van der Waals surface area (Å²) in [6.45, 7) is 2.90. The van der Waals surface area contributed by atoms with Crippen molar-refractivity contribution in [3.05, 3.63) is 95.1 Å². The van der Waals surface area contributed by atoms with Gasteiger partial charge in [-0.3, -0.25) is 0 Å². The number of nitrogens with one attached hydrogen (secondary N) is 1. The van der Waals surface area contributed by atoms with Gasteiger partial charge in [0.25, 0.3) is 0 Å². The first-order valence-corrected chi connectivity index (χ1v) is 10.6. The van der Waals surface area contributed by atoms with Crippen LogP contribution >= 0.6 is 0 Å². The van der Waals surface area contributed by atoms with Gasteiger partial charge >= 0.3 is 6.09 Å². The molecule has 1 N–H and O–H groups in total. The Kier molecular flexibility index (Phi) is 6.37. The number of methoxy groups -OCH3 is 1. The lowest BCUT2D eigenvalue weighted by Crippen LogP contribution is -2.26. The van der Waals surface area contributed by atoms with Crippen LogP contribution in [0.5, 0.6) is 5.75 Å². The smallest absolute Gasteiger partial charge is 0.407 e. The van der Waals surface area contributed by atoms with E-state index in [1.165, 1.54) is 22.3 Å². The van der Waals surface area contributed by atoms with Crippen LogP contribution in [0.4, 0.5) is 4.79 Å². The van der Waals surface area contributed by atoms with E-state index in [9.17, 15) is 4.79 Å². The van der Waals surface area contributed by atoms with Crippen LogP contribution in [0.2, 0.25) is 0 Å². The molecule has 0 saturated heterocycles. The maximum absolute atomic E-state index is 12.2. The maximum atomic E-state index is 12.2. The highest BCUT2D eigenvalue weighted by Crippen LogP contribution is 2.44. The summed E-state index contributed by atoms with van der Waals surface area (Å²) >= 11 is 0. The summed E-state index contributed by atoms with van der Waals surface area (Å²) in [7, 11) is 1.67. The third kappa shape index (κ3) is 4.80. The minimum atomic E-state index is -0.382. The highest BCUT2D eigenvalue weighted by molar-refractivity contribution is 5.79. The molecule has 158 valence electrons. The normalized spacial score (nSPS) is 12.5. The lowest BCUT2D eigenvalue weighted by molar-refractivity contribution is 0.143. The summed E-state index contributed by atoms with van der Waals surface area (Å²) in [5.74, 6) is 0.922. The minimum Gasteiger partial charge on any atom is -0.497 e. The molecule has 0 radical (unpaired) electrons. The molecule has 0 atom stereocenters. The van der Waals surface area contributed by atoms with Crippen molar-refractivity contribution in [3.63, 3.8) is 0 Å². The molecule has 0 unspecified atom stereocenters. The van der Waals surface area contributed by atoms with Gasteiger partial charge in [-0.2, -0.15) is 0 Å². The standard InChI is InChI=1S/C27H27NO3/c1-19-15-20(17-21(16-19)30-2)9-7-8-14-28-27(29)31-18-26-24-12-5-3-10-22(24)23-11-4-6-13-25(23)26/h3-7,9-13,15-17,26H,8,14,18H2,1-2H3,(H,28,29). The van der Waals surface area contributed by atoms with Gasteiger partial charge in [0.15, 0.2) is 0 Å². The van der Waals surface area contributed by atoms with E-state index in [4.69, 9.17) is 9.47 Å². The first-order chi connectivity index (χ1) is 15.2. The number of aryl methyl sites for hydroxylation is 1. The van der Waals surface area contributed by atoms with Crippen LogP contribution in [-0.4, -0.2) is 26.4 Å². The Morgan fingerprint density at radius 1 is 1.00 bits per heavy atom. The number of hydrogen-bond acceptors (Lipinski definition) is 3.